The first-order valence-electron chi connectivity index (χ1n) is 18.3. The van der Waals surface area contributed by atoms with Crippen molar-refractivity contribution in [3.8, 4) is 5.75 Å². The zero-order valence-electron chi connectivity index (χ0n) is 31.0. The molecule has 1 fully saturated rings. The zero-order valence-corrected chi connectivity index (χ0v) is 31.8. The monoisotopic (exact) mass is 732 g/mol. The van der Waals surface area contributed by atoms with Crippen LogP contribution in [0.25, 0.3) is 0 Å². The van der Waals surface area contributed by atoms with Crippen LogP contribution in [0.3, 0.4) is 0 Å². The molecule has 3 aromatic carbocycles. The van der Waals surface area contributed by atoms with Crippen LogP contribution in [0.2, 0.25) is 0 Å². The van der Waals surface area contributed by atoms with E-state index in [1.165, 1.54) is 21.6 Å². The van der Waals surface area contributed by atoms with Gasteiger partial charge < -0.3 is 35.4 Å². The minimum absolute atomic E-state index is 0.0454. The summed E-state index contributed by atoms with van der Waals surface area (Å²) in [5.41, 5.74) is 2.99. The normalized spacial score (nSPS) is 16.2. The summed E-state index contributed by atoms with van der Waals surface area (Å²) < 4.78 is 10.7. The van der Waals surface area contributed by atoms with E-state index >= 15 is 0 Å². The van der Waals surface area contributed by atoms with Crippen molar-refractivity contribution in [3.05, 3.63) is 102 Å². The molecule has 0 spiro atoms. The number of aliphatic carboxylic acids is 1. The maximum Gasteiger partial charge on any atom is 0.407 e. The van der Waals surface area contributed by atoms with Gasteiger partial charge in [0.15, 0.2) is 0 Å². The van der Waals surface area contributed by atoms with Crippen LogP contribution in [0.5, 0.6) is 5.75 Å². The molecule has 2 amide bonds. The second-order valence-corrected chi connectivity index (χ2v) is 15.5. The molecule has 1 heterocycles. The van der Waals surface area contributed by atoms with Gasteiger partial charge in [0.05, 0.1) is 13.2 Å². The number of carboxylic acid groups (broad SMARTS) is 1. The summed E-state index contributed by atoms with van der Waals surface area (Å²) in [6.45, 7) is 7.53. The lowest BCUT2D eigenvalue weighted by molar-refractivity contribution is -0.149. The Bertz CT molecular complexity index is 1520. The number of methoxy groups -OCH3 is 1. The van der Waals surface area contributed by atoms with E-state index in [4.69, 9.17) is 9.47 Å². The SMILES string of the molecule is COc1ccc(CSC(CN[C@@H](CCCCNC(=O)OC(C)(C)C)C(=O)N2CCC[C@H]2C(=O)O)[C@H](Cc2ccccc2)NCc2ccccc2)cc1. The molecule has 4 N–H and O–H groups in total. The van der Waals surface area contributed by atoms with Crippen LogP contribution in [0.15, 0.2) is 84.9 Å². The molecule has 282 valence electrons. The van der Waals surface area contributed by atoms with E-state index in [0.717, 1.165) is 17.9 Å². The number of ether oxygens (including phenoxy) is 2. The highest BCUT2D eigenvalue weighted by Gasteiger charge is 2.37. The predicted octanol–water partition coefficient (Wildman–Crippen LogP) is 6.43. The van der Waals surface area contributed by atoms with E-state index in [9.17, 15) is 19.5 Å². The van der Waals surface area contributed by atoms with Gasteiger partial charge in [-0.2, -0.15) is 11.8 Å². The molecule has 0 saturated carbocycles. The van der Waals surface area contributed by atoms with Gasteiger partial charge in [0.2, 0.25) is 5.91 Å². The van der Waals surface area contributed by atoms with Gasteiger partial charge in [-0.1, -0.05) is 72.8 Å². The fraction of sp³-hybridized carbons (Fsp3) is 0.488. The van der Waals surface area contributed by atoms with Crippen molar-refractivity contribution >= 4 is 29.7 Å². The number of likely N-dealkylation sites (tertiary alicyclic amines) is 1. The predicted molar refractivity (Wildman–Crippen MR) is 208 cm³/mol. The molecule has 1 aliphatic rings. The van der Waals surface area contributed by atoms with E-state index < -0.39 is 29.7 Å². The topological polar surface area (TPSA) is 129 Å². The summed E-state index contributed by atoms with van der Waals surface area (Å²) in [5.74, 6) is 0.423. The third kappa shape index (κ3) is 13.8. The smallest absolute Gasteiger partial charge is 0.407 e. The van der Waals surface area contributed by atoms with Crippen molar-refractivity contribution in [2.24, 2.45) is 0 Å². The van der Waals surface area contributed by atoms with E-state index in [2.05, 4.69) is 64.5 Å². The van der Waals surface area contributed by atoms with Crippen LogP contribution in [-0.4, -0.2) is 83.7 Å². The van der Waals surface area contributed by atoms with Gasteiger partial charge in [0.25, 0.3) is 0 Å². The molecule has 4 rings (SSSR count). The molecule has 52 heavy (non-hydrogen) atoms. The van der Waals surface area contributed by atoms with E-state index in [1.807, 2.05) is 68.9 Å². The van der Waals surface area contributed by atoms with Crippen molar-refractivity contribution < 1.29 is 29.0 Å². The number of carboxylic acids is 1. The summed E-state index contributed by atoms with van der Waals surface area (Å²) in [6.07, 6.45) is 3.26. The molecule has 4 atom stereocenters. The lowest BCUT2D eigenvalue weighted by Gasteiger charge is -2.32. The third-order valence-corrected chi connectivity index (χ3v) is 10.5. The van der Waals surface area contributed by atoms with E-state index in [1.54, 1.807) is 7.11 Å². The van der Waals surface area contributed by atoms with Crippen molar-refractivity contribution in [1.82, 2.24) is 20.9 Å². The van der Waals surface area contributed by atoms with Gasteiger partial charge >= 0.3 is 12.1 Å². The van der Waals surface area contributed by atoms with Crippen molar-refractivity contribution in [2.75, 3.05) is 26.7 Å². The maximum absolute atomic E-state index is 14.1. The average molecular weight is 733 g/mol. The van der Waals surface area contributed by atoms with Gasteiger partial charge in [-0.3, -0.25) is 4.79 Å². The number of nitrogens with one attached hydrogen (secondary N) is 3. The lowest BCUT2D eigenvalue weighted by Crippen LogP contribution is -2.53. The standard InChI is InChI=1S/C41H56N4O6S/c1-41(2,3)51-40(49)42-24-12-11-18-34(38(46)45-25-13-19-36(45)39(47)48)44-28-37(52-29-32-20-22-33(50-4)23-21-32)35(26-30-14-7-5-8-15-30)43-27-31-16-9-6-10-17-31/h5-10,14-17,20-23,34-37,43-44H,11-13,18-19,24-29H2,1-4H3,(H,42,49)(H,47,48)/t34-,35-,36-,37?/m0/s1. The van der Waals surface area contributed by atoms with Crippen molar-refractivity contribution in [1.29, 1.82) is 0 Å². The van der Waals surface area contributed by atoms with Crippen LogP contribution in [0, 0.1) is 0 Å². The highest BCUT2D eigenvalue weighted by Crippen LogP contribution is 2.26. The average Bonchev–Trinajstić information content (AvgIpc) is 3.63. The molecular weight excluding hydrogens is 677 g/mol. The van der Waals surface area contributed by atoms with Gasteiger partial charge in [-0.25, -0.2) is 9.59 Å². The summed E-state index contributed by atoms with van der Waals surface area (Å²) in [7, 11) is 1.66. The van der Waals surface area contributed by atoms with Crippen LogP contribution in [0.1, 0.15) is 69.6 Å². The van der Waals surface area contributed by atoms with E-state index in [-0.39, 0.29) is 17.2 Å². The Morgan fingerprint density at radius 1 is 0.904 bits per heavy atom. The van der Waals surface area contributed by atoms with Gasteiger partial charge in [-0.15, -0.1) is 0 Å². The highest BCUT2D eigenvalue weighted by atomic mass is 32.2. The first kappa shape index (κ1) is 40.7. The lowest BCUT2D eigenvalue weighted by atomic mass is 10.0. The maximum atomic E-state index is 14.1. The molecule has 0 aliphatic carbocycles. The molecular formula is C41H56N4O6S. The molecule has 10 nitrogen and oxygen atoms in total. The Morgan fingerprint density at radius 2 is 1.58 bits per heavy atom. The Kier molecular flexibility index (Phi) is 16.3. The largest absolute Gasteiger partial charge is 0.497 e. The molecule has 3 aromatic rings. The van der Waals surface area contributed by atoms with Crippen LogP contribution >= 0.6 is 11.8 Å². The van der Waals surface area contributed by atoms with Gasteiger partial charge in [0, 0.05) is 43.2 Å². The Labute approximate surface area is 313 Å². The minimum atomic E-state index is -0.966. The number of thioether (sulfide) groups is 1. The molecule has 1 saturated heterocycles. The number of alkyl carbamates (subject to hydrolysis) is 1. The Balaban J connectivity index is 1.53. The van der Waals surface area contributed by atoms with Crippen molar-refractivity contribution in [2.45, 2.75) is 101 Å². The molecule has 0 aromatic heterocycles. The minimum Gasteiger partial charge on any atom is -0.497 e. The number of nitrogens with zero attached hydrogens (tertiary/aromatic N) is 1. The summed E-state index contributed by atoms with van der Waals surface area (Å²) in [5, 5.41) is 20.2. The van der Waals surface area contributed by atoms with Crippen LogP contribution < -0.4 is 20.7 Å². The number of rotatable bonds is 20. The zero-order chi connectivity index (χ0) is 37.3. The first-order valence-corrected chi connectivity index (χ1v) is 19.4. The number of hydrogen-bond acceptors (Lipinski definition) is 8. The molecule has 0 bridgehead atoms. The second-order valence-electron chi connectivity index (χ2n) is 14.3. The molecule has 0 radical (unpaired) electrons. The summed E-state index contributed by atoms with van der Waals surface area (Å²) in [4.78, 5) is 39.9. The third-order valence-electron chi connectivity index (χ3n) is 9.05. The molecule has 11 heteroatoms. The van der Waals surface area contributed by atoms with Crippen molar-refractivity contribution in [3.63, 3.8) is 0 Å². The van der Waals surface area contributed by atoms with Crippen LogP contribution in [-0.2, 0) is 33.0 Å². The first-order chi connectivity index (χ1) is 25.0. The molecule has 1 unspecified atom stereocenters. The number of benzene rings is 3. The Morgan fingerprint density at radius 3 is 2.21 bits per heavy atom. The number of carbonyl (C=O) groups is 3. The fourth-order valence-corrected chi connectivity index (χ4v) is 7.56. The van der Waals surface area contributed by atoms with Gasteiger partial charge in [0.1, 0.15) is 17.4 Å². The van der Waals surface area contributed by atoms with Gasteiger partial charge in [-0.05, 0) is 88.1 Å². The second kappa shape index (κ2) is 20.8. The molecule has 1 aliphatic heterocycles. The summed E-state index contributed by atoms with van der Waals surface area (Å²) in [6, 6.07) is 27.5. The van der Waals surface area contributed by atoms with E-state index in [0.29, 0.717) is 58.3 Å². The Hall–Kier alpha value is -4.06. The number of unbranched alkanes of at least 4 members (excludes halogenated alkanes) is 1. The fourth-order valence-electron chi connectivity index (χ4n) is 6.33. The summed E-state index contributed by atoms with van der Waals surface area (Å²) >= 11 is 1.84. The number of hydrogen-bond donors (Lipinski definition) is 4. The number of amides is 2. The number of carbonyl (C=O) groups excluding carboxylic acids is 2. The highest BCUT2D eigenvalue weighted by molar-refractivity contribution is 7.99. The quantitative estimate of drug-likeness (QED) is 0.0973. The van der Waals surface area contributed by atoms with Crippen LogP contribution in [0.4, 0.5) is 4.79 Å².